The van der Waals surface area contributed by atoms with Gasteiger partial charge >= 0.3 is 0 Å². The molecule has 1 aliphatic carbocycles. The van der Waals surface area contributed by atoms with E-state index in [1.54, 1.807) is 0 Å². The predicted molar refractivity (Wildman–Crippen MR) is 86.7 cm³/mol. The van der Waals surface area contributed by atoms with E-state index in [9.17, 15) is 4.79 Å². The molecule has 0 unspecified atom stereocenters. The minimum Gasteiger partial charge on any atom is -0.378 e. The number of hydrogen-bond acceptors (Lipinski definition) is 3. The van der Waals surface area contributed by atoms with E-state index in [1.165, 1.54) is 5.56 Å². The van der Waals surface area contributed by atoms with E-state index in [2.05, 4.69) is 12.1 Å². The first-order valence-corrected chi connectivity index (χ1v) is 8.17. The third-order valence-electron chi connectivity index (χ3n) is 4.96. The third kappa shape index (κ3) is 3.03. The lowest BCUT2D eigenvalue weighted by Gasteiger charge is -2.35. The summed E-state index contributed by atoms with van der Waals surface area (Å²) in [5.74, 6) is 0.185. The zero-order chi connectivity index (χ0) is 15.8. The molecule has 0 bridgehead atoms. The lowest BCUT2D eigenvalue weighted by Crippen LogP contribution is -2.48. The molecule has 120 valence electrons. The van der Waals surface area contributed by atoms with Crippen molar-refractivity contribution in [1.82, 2.24) is 4.90 Å². The predicted octanol–water partition coefficient (Wildman–Crippen LogP) is 1.86. The smallest absolute Gasteiger partial charge is 0.232 e. The Bertz CT molecular complexity index is 558. The molecule has 2 fully saturated rings. The fourth-order valence-electron chi connectivity index (χ4n) is 3.28. The van der Waals surface area contributed by atoms with Crippen molar-refractivity contribution in [3.63, 3.8) is 0 Å². The van der Waals surface area contributed by atoms with E-state index in [4.69, 9.17) is 10.5 Å². The van der Waals surface area contributed by atoms with Crippen LogP contribution in [0.15, 0.2) is 24.3 Å². The van der Waals surface area contributed by atoms with Gasteiger partial charge < -0.3 is 15.4 Å². The van der Waals surface area contributed by atoms with E-state index >= 15 is 0 Å². The highest BCUT2D eigenvalue weighted by Crippen LogP contribution is 2.38. The van der Waals surface area contributed by atoms with Crippen LogP contribution < -0.4 is 5.73 Å². The zero-order valence-corrected chi connectivity index (χ0v) is 13.6. The van der Waals surface area contributed by atoms with Gasteiger partial charge in [0.05, 0.1) is 18.6 Å². The van der Waals surface area contributed by atoms with E-state index in [0.717, 1.165) is 24.8 Å². The van der Waals surface area contributed by atoms with Gasteiger partial charge in [0, 0.05) is 18.6 Å². The van der Waals surface area contributed by atoms with Crippen LogP contribution in [0.2, 0.25) is 0 Å². The second-order valence-corrected chi connectivity index (χ2v) is 7.23. The van der Waals surface area contributed by atoms with Gasteiger partial charge in [-0.2, -0.15) is 0 Å². The third-order valence-corrected chi connectivity index (χ3v) is 4.96. The van der Waals surface area contributed by atoms with Crippen LogP contribution in [-0.4, -0.2) is 42.6 Å². The van der Waals surface area contributed by atoms with Crippen molar-refractivity contribution in [1.29, 1.82) is 0 Å². The highest BCUT2D eigenvalue weighted by atomic mass is 16.5. The second kappa shape index (κ2) is 5.67. The standard InChI is InChI=1S/C18H26N2O2/c1-17(2,16(21)20-9-11-22-12-10-20)15-6-4-3-5-14(15)13-18(19)7-8-18/h3-6H,7-13,19H2,1-2H3. The molecule has 0 aromatic heterocycles. The first-order chi connectivity index (χ1) is 10.4. The van der Waals surface area contributed by atoms with Crippen molar-refractivity contribution in [3.05, 3.63) is 35.4 Å². The average Bonchev–Trinajstić information content (AvgIpc) is 3.25. The number of hydrogen-bond donors (Lipinski definition) is 1. The maximum atomic E-state index is 13.0. The van der Waals surface area contributed by atoms with Crippen molar-refractivity contribution < 1.29 is 9.53 Å². The topological polar surface area (TPSA) is 55.6 Å². The summed E-state index contributed by atoms with van der Waals surface area (Å²) in [6, 6.07) is 8.26. The van der Waals surface area contributed by atoms with Crippen LogP contribution in [0.4, 0.5) is 0 Å². The molecule has 1 saturated heterocycles. The summed E-state index contributed by atoms with van der Waals surface area (Å²) in [5.41, 5.74) is 8.05. The van der Waals surface area contributed by atoms with Gasteiger partial charge in [-0.3, -0.25) is 4.79 Å². The van der Waals surface area contributed by atoms with Gasteiger partial charge in [-0.05, 0) is 44.2 Å². The maximum absolute atomic E-state index is 13.0. The van der Waals surface area contributed by atoms with E-state index in [0.29, 0.717) is 26.3 Å². The van der Waals surface area contributed by atoms with Crippen molar-refractivity contribution in [2.24, 2.45) is 5.73 Å². The summed E-state index contributed by atoms with van der Waals surface area (Å²) in [6.07, 6.45) is 3.03. The number of carbonyl (C=O) groups is 1. The molecule has 3 rings (SSSR count). The Morgan fingerprint density at radius 1 is 1.27 bits per heavy atom. The fourth-order valence-corrected chi connectivity index (χ4v) is 3.28. The molecule has 2 aliphatic rings. The molecule has 1 heterocycles. The van der Waals surface area contributed by atoms with Gasteiger partial charge in [0.2, 0.25) is 5.91 Å². The Kier molecular flexibility index (Phi) is 4.00. The SMILES string of the molecule is CC(C)(C(=O)N1CCOCC1)c1ccccc1CC1(N)CC1. The van der Waals surface area contributed by atoms with Crippen LogP contribution in [-0.2, 0) is 21.4 Å². The lowest BCUT2D eigenvalue weighted by atomic mass is 9.79. The summed E-state index contributed by atoms with van der Waals surface area (Å²) in [6.45, 7) is 6.70. The van der Waals surface area contributed by atoms with Gasteiger partial charge in [-0.1, -0.05) is 24.3 Å². The van der Waals surface area contributed by atoms with Crippen molar-refractivity contribution in [3.8, 4) is 0 Å². The number of carbonyl (C=O) groups excluding carboxylic acids is 1. The minimum absolute atomic E-state index is 0.0474. The van der Waals surface area contributed by atoms with E-state index in [1.807, 2.05) is 30.9 Å². The Morgan fingerprint density at radius 3 is 2.55 bits per heavy atom. The summed E-state index contributed by atoms with van der Waals surface area (Å²) in [5, 5.41) is 0. The number of amides is 1. The highest BCUT2D eigenvalue weighted by molar-refractivity contribution is 5.88. The van der Waals surface area contributed by atoms with Gasteiger partial charge in [-0.25, -0.2) is 0 Å². The fraction of sp³-hybridized carbons (Fsp3) is 0.611. The monoisotopic (exact) mass is 302 g/mol. The van der Waals surface area contributed by atoms with Crippen LogP contribution in [0.5, 0.6) is 0 Å². The Hall–Kier alpha value is -1.39. The number of benzene rings is 1. The van der Waals surface area contributed by atoms with Gasteiger partial charge in [-0.15, -0.1) is 0 Å². The molecule has 1 aromatic rings. The first kappa shape index (κ1) is 15.5. The van der Waals surface area contributed by atoms with E-state index < -0.39 is 5.41 Å². The molecule has 0 atom stereocenters. The molecule has 0 radical (unpaired) electrons. The van der Waals surface area contributed by atoms with Crippen LogP contribution in [0.25, 0.3) is 0 Å². The van der Waals surface area contributed by atoms with Crippen molar-refractivity contribution in [2.75, 3.05) is 26.3 Å². The van der Waals surface area contributed by atoms with Gasteiger partial charge in [0.25, 0.3) is 0 Å². The van der Waals surface area contributed by atoms with Crippen molar-refractivity contribution in [2.45, 2.75) is 44.1 Å². The molecule has 1 aromatic carbocycles. The Labute approximate surface area is 132 Å². The van der Waals surface area contributed by atoms with Crippen LogP contribution in [0.3, 0.4) is 0 Å². The first-order valence-electron chi connectivity index (χ1n) is 8.17. The number of morpholine rings is 1. The molecular weight excluding hydrogens is 276 g/mol. The Balaban J connectivity index is 1.86. The van der Waals surface area contributed by atoms with Crippen LogP contribution >= 0.6 is 0 Å². The quantitative estimate of drug-likeness (QED) is 0.923. The summed E-state index contributed by atoms with van der Waals surface area (Å²) < 4.78 is 5.36. The molecule has 22 heavy (non-hydrogen) atoms. The number of rotatable bonds is 4. The highest BCUT2D eigenvalue weighted by Gasteiger charge is 2.41. The zero-order valence-electron chi connectivity index (χ0n) is 13.6. The number of nitrogens with two attached hydrogens (primary N) is 1. The number of ether oxygens (including phenoxy) is 1. The molecule has 1 amide bonds. The Morgan fingerprint density at radius 2 is 1.91 bits per heavy atom. The van der Waals surface area contributed by atoms with E-state index in [-0.39, 0.29) is 11.4 Å². The molecular formula is C18H26N2O2. The molecule has 4 heteroatoms. The number of nitrogens with zero attached hydrogens (tertiary/aromatic N) is 1. The molecule has 0 spiro atoms. The second-order valence-electron chi connectivity index (χ2n) is 7.23. The molecule has 1 saturated carbocycles. The summed E-state index contributed by atoms with van der Waals surface area (Å²) in [7, 11) is 0. The minimum atomic E-state index is -0.529. The summed E-state index contributed by atoms with van der Waals surface area (Å²) in [4.78, 5) is 14.9. The molecule has 4 nitrogen and oxygen atoms in total. The summed E-state index contributed by atoms with van der Waals surface area (Å²) >= 11 is 0. The molecule has 2 N–H and O–H groups in total. The van der Waals surface area contributed by atoms with Crippen LogP contribution in [0, 0.1) is 0 Å². The largest absolute Gasteiger partial charge is 0.378 e. The van der Waals surface area contributed by atoms with Gasteiger partial charge in [0.1, 0.15) is 0 Å². The van der Waals surface area contributed by atoms with Crippen molar-refractivity contribution >= 4 is 5.91 Å². The van der Waals surface area contributed by atoms with Gasteiger partial charge in [0.15, 0.2) is 0 Å². The van der Waals surface area contributed by atoms with Crippen LogP contribution in [0.1, 0.15) is 37.8 Å². The normalized spacial score (nSPS) is 20.8. The molecule has 1 aliphatic heterocycles. The lowest BCUT2D eigenvalue weighted by molar-refractivity contribution is -0.140. The average molecular weight is 302 g/mol. The maximum Gasteiger partial charge on any atom is 0.232 e.